The molecule has 2 amide bonds. The Morgan fingerprint density at radius 1 is 0.931 bits per heavy atom. The Balaban J connectivity index is 1.73. The van der Waals surface area contributed by atoms with E-state index in [1.165, 1.54) is 36.4 Å². The van der Waals surface area contributed by atoms with Gasteiger partial charge in [0, 0.05) is 11.1 Å². The lowest BCUT2D eigenvalue weighted by Gasteiger charge is -2.08. The molecular weight excluding hydrogens is 392 g/mol. The molecule has 0 aliphatic rings. The third-order valence-electron chi connectivity index (χ3n) is 3.33. The highest BCUT2D eigenvalue weighted by Crippen LogP contribution is 2.15. The van der Waals surface area contributed by atoms with Gasteiger partial charge in [-0.2, -0.15) is 8.78 Å². The second-order valence-corrected chi connectivity index (χ2v) is 5.42. The first-order valence-electron chi connectivity index (χ1n) is 8.10. The van der Waals surface area contributed by atoms with E-state index in [1.807, 2.05) is 5.32 Å². The molecule has 2 aromatic rings. The standard InChI is InChI=1S/C19H15F2NO7/c20-19(21)29-15-7-3-13(4-8-15)18(26)22-16(24)10-28-17(25)11-27-14-5-1-12(9-23)2-6-14/h1-9,19H,10-11H2,(H,22,24,26). The SMILES string of the molecule is O=Cc1ccc(OCC(=O)OCC(=O)NC(=O)c2ccc(OC(F)F)cc2)cc1. The molecule has 10 heteroatoms. The number of carbonyl (C=O) groups excluding carboxylic acids is 4. The number of esters is 1. The summed E-state index contributed by atoms with van der Waals surface area (Å²) in [6, 6.07) is 10.6. The molecule has 0 heterocycles. The van der Waals surface area contributed by atoms with Gasteiger partial charge >= 0.3 is 12.6 Å². The van der Waals surface area contributed by atoms with Crippen molar-refractivity contribution >= 4 is 24.1 Å². The quantitative estimate of drug-likeness (QED) is 0.500. The number of aldehydes is 1. The van der Waals surface area contributed by atoms with E-state index < -0.39 is 37.6 Å². The molecule has 0 aromatic heterocycles. The molecule has 0 bridgehead atoms. The molecule has 2 aromatic carbocycles. The Bertz CT molecular complexity index is 867. The minimum atomic E-state index is -2.99. The number of nitrogens with one attached hydrogen (secondary N) is 1. The zero-order chi connectivity index (χ0) is 21.2. The highest BCUT2D eigenvalue weighted by Gasteiger charge is 2.14. The molecule has 0 fully saturated rings. The summed E-state index contributed by atoms with van der Waals surface area (Å²) in [7, 11) is 0. The Kier molecular flexibility index (Phi) is 7.78. The van der Waals surface area contributed by atoms with Gasteiger partial charge in [-0.25, -0.2) is 4.79 Å². The van der Waals surface area contributed by atoms with E-state index in [-0.39, 0.29) is 11.3 Å². The Labute approximate surface area is 163 Å². The van der Waals surface area contributed by atoms with Crippen LogP contribution < -0.4 is 14.8 Å². The van der Waals surface area contributed by atoms with Gasteiger partial charge in [0.05, 0.1) is 0 Å². The van der Waals surface area contributed by atoms with Crippen molar-refractivity contribution in [3.05, 3.63) is 59.7 Å². The first kappa shape index (κ1) is 21.5. The number of amides is 2. The van der Waals surface area contributed by atoms with Gasteiger partial charge in [0.25, 0.3) is 11.8 Å². The maximum atomic E-state index is 12.1. The third kappa shape index (κ3) is 7.37. The van der Waals surface area contributed by atoms with E-state index in [9.17, 15) is 28.0 Å². The van der Waals surface area contributed by atoms with Crippen LogP contribution in [-0.4, -0.2) is 43.9 Å². The van der Waals surface area contributed by atoms with Crippen LogP contribution in [0, 0.1) is 0 Å². The predicted octanol–water partition coefficient (Wildman–Crippen LogP) is 1.98. The minimum absolute atomic E-state index is 0.0217. The van der Waals surface area contributed by atoms with Gasteiger partial charge in [0.1, 0.15) is 17.8 Å². The summed E-state index contributed by atoms with van der Waals surface area (Å²) < 4.78 is 38.1. The summed E-state index contributed by atoms with van der Waals surface area (Å²) in [6.07, 6.45) is 0.656. The number of carbonyl (C=O) groups is 4. The summed E-state index contributed by atoms with van der Waals surface area (Å²) in [5.74, 6) is -2.35. The summed E-state index contributed by atoms with van der Waals surface area (Å²) in [4.78, 5) is 45.7. The average Bonchev–Trinajstić information content (AvgIpc) is 2.71. The van der Waals surface area contributed by atoms with Gasteiger partial charge in [0.2, 0.25) is 0 Å². The fourth-order valence-corrected chi connectivity index (χ4v) is 2.00. The van der Waals surface area contributed by atoms with Crippen molar-refractivity contribution in [2.45, 2.75) is 6.61 Å². The van der Waals surface area contributed by atoms with Crippen molar-refractivity contribution in [2.24, 2.45) is 0 Å². The Hall–Kier alpha value is -3.82. The number of halogens is 2. The second kappa shape index (κ2) is 10.5. The van der Waals surface area contributed by atoms with Crippen LogP contribution in [0.25, 0.3) is 0 Å². The van der Waals surface area contributed by atoms with Crippen molar-refractivity contribution in [2.75, 3.05) is 13.2 Å². The number of benzene rings is 2. The van der Waals surface area contributed by atoms with Crippen molar-refractivity contribution in [3.63, 3.8) is 0 Å². The molecule has 0 radical (unpaired) electrons. The first-order chi connectivity index (χ1) is 13.9. The molecule has 0 aliphatic heterocycles. The van der Waals surface area contributed by atoms with Crippen LogP contribution in [0.15, 0.2) is 48.5 Å². The van der Waals surface area contributed by atoms with Crippen molar-refractivity contribution in [1.82, 2.24) is 5.32 Å². The maximum absolute atomic E-state index is 12.1. The molecule has 0 saturated carbocycles. The van der Waals surface area contributed by atoms with E-state index >= 15 is 0 Å². The molecule has 29 heavy (non-hydrogen) atoms. The number of ether oxygens (including phenoxy) is 3. The number of imide groups is 1. The summed E-state index contributed by atoms with van der Waals surface area (Å²) in [5.41, 5.74) is 0.464. The van der Waals surface area contributed by atoms with Crippen LogP contribution in [0.5, 0.6) is 11.5 Å². The molecule has 8 nitrogen and oxygen atoms in total. The van der Waals surface area contributed by atoms with Crippen molar-refractivity contribution in [3.8, 4) is 11.5 Å². The zero-order valence-electron chi connectivity index (χ0n) is 14.8. The van der Waals surface area contributed by atoms with Gasteiger partial charge in [0.15, 0.2) is 13.2 Å². The molecule has 2 rings (SSSR count). The van der Waals surface area contributed by atoms with Crippen molar-refractivity contribution < 1.29 is 42.2 Å². The first-order valence-corrected chi connectivity index (χ1v) is 8.10. The topological polar surface area (TPSA) is 108 Å². The third-order valence-corrected chi connectivity index (χ3v) is 3.33. The molecular formula is C19H15F2NO7. The van der Waals surface area contributed by atoms with Crippen LogP contribution in [0.3, 0.4) is 0 Å². The van der Waals surface area contributed by atoms with E-state index in [0.717, 1.165) is 12.1 Å². The monoisotopic (exact) mass is 407 g/mol. The van der Waals surface area contributed by atoms with Gasteiger partial charge in [-0.05, 0) is 48.5 Å². The normalized spacial score (nSPS) is 10.2. The smallest absolute Gasteiger partial charge is 0.387 e. The highest BCUT2D eigenvalue weighted by atomic mass is 19.3. The number of alkyl halides is 2. The summed E-state index contributed by atoms with van der Waals surface area (Å²) in [5, 5.41) is 1.98. The maximum Gasteiger partial charge on any atom is 0.387 e. The molecule has 152 valence electrons. The van der Waals surface area contributed by atoms with E-state index in [2.05, 4.69) is 9.47 Å². The largest absolute Gasteiger partial charge is 0.482 e. The summed E-state index contributed by atoms with van der Waals surface area (Å²) >= 11 is 0. The molecule has 0 aliphatic carbocycles. The van der Waals surface area contributed by atoms with Crippen LogP contribution >= 0.6 is 0 Å². The molecule has 0 atom stereocenters. The predicted molar refractivity (Wildman–Crippen MR) is 93.8 cm³/mol. The molecule has 0 spiro atoms. The second-order valence-electron chi connectivity index (χ2n) is 5.42. The Morgan fingerprint density at radius 2 is 1.55 bits per heavy atom. The van der Waals surface area contributed by atoms with Gasteiger partial charge in [-0.3, -0.25) is 19.7 Å². The average molecular weight is 407 g/mol. The van der Waals surface area contributed by atoms with Crippen LogP contribution in [-0.2, 0) is 14.3 Å². The van der Waals surface area contributed by atoms with Crippen LogP contribution in [0.1, 0.15) is 20.7 Å². The molecule has 0 saturated heterocycles. The lowest BCUT2D eigenvalue weighted by Crippen LogP contribution is -2.34. The number of rotatable bonds is 9. The summed E-state index contributed by atoms with van der Waals surface area (Å²) in [6.45, 7) is -4.19. The Morgan fingerprint density at radius 3 is 2.14 bits per heavy atom. The van der Waals surface area contributed by atoms with Crippen LogP contribution in [0.2, 0.25) is 0 Å². The van der Waals surface area contributed by atoms with Gasteiger partial charge in [-0.1, -0.05) is 0 Å². The lowest BCUT2D eigenvalue weighted by atomic mass is 10.2. The van der Waals surface area contributed by atoms with E-state index in [1.54, 1.807) is 0 Å². The minimum Gasteiger partial charge on any atom is -0.482 e. The molecule has 1 N–H and O–H groups in total. The van der Waals surface area contributed by atoms with Gasteiger partial charge in [-0.15, -0.1) is 0 Å². The number of hydrogen-bond donors (Lipinski definition) is 1. The fraction of sp³-hybridized carbons (Fsp3) is 0.158. The lowest BCUT2D eigenvalue weighted by molar-refractivity contribution is -0.150. The number of hydrogen-bond acceptors (Lipinski definition) is 7. The van der Waals surface area contributed by atoms with Crippen LogP contribution in [0.4, 0.5) is 8.78 Å². The van der Waals surface area contributed by atoms with Gasteiger partial charge < -0.3 is 14.2 Å². The highest BCUT2D eigenvalue weighted by molar-refractivity contribution is 6.05. The zero-order valence-corrected chi connectivity index (χ0v) is 14.8. The fourth-order valence-electron chi connectivity index (χ4n) is 2.00. The van der Waals surface area contributed by atoms with E-state index in [4.69, 9.17) is 4.74 Å². The van der Waals surface area contributed by atoms with Crippen molar-refractivity contribution in [1.29, 1.82) is 0 Å². The van der Waals surface area contributed by atoms with E-state index in [0.29, 0.717) is 17.6 Å². The molecule has 0 unspecified atom stereocenters.